The summed E-state index contributed by atoms with van der Waals surface area (Å²) < 4.78 is 3.94. The van der Waals surface area contributed by atoms with Gasteiger partial charge in [0.25, 0.3) is 0 Å². The molecule has 0 atom stereocenters. The summed E-state index contributed by atoms with van der Waals surface area (Å²) in [5, 5.41) is 9.54. The van der Waals surface area contributed by atoms with Gasteiger partial charge in [-0.15, -0.1) is 0 Å². The number of benzene rings is 1. The summed E-state index contributed by atoms with van der Waals surface area (Å²) in [4.78, 5) is 16.3. The maximum atomic E-state index is 11.6. The van der Waals surface area contributed by atoms with Crippen LogP contribution in [0.4, 0.5) is 0 Å². The predicted molar refractivity (Wildman–Crippen MR) is 87.7 cm³/mol. The molecule has 0 amide bonds. The lowest BCUT2D eigenvalue weighted by Crippen LogP contribution is -2.03. The second-order valence-corrected chi connectivity index (χ2v) is 5.66. The Kier molecular flexibility index (Phi) is 3.33. The van der Waals surface area contributed by atoms with Crippen LogP contribution >= 0.6 is 12.2 Å². The fourth-order valence-corrected chi connectivity index (χ4v) is 2.71. The Morgan fingerprint density at radius 2 is 1.82 bits per heavy atom. The lowest BCUT2D eigenvalue weighted by Gasteiger charge is -2.06. The number of rotatable bonds is 2. The van der Waals surface area contributed by atoms with Gasteiger partial charge in [0.2, 0.25) is 0 Å². The molecule has 0 saturated heterocycles. The number of aryl methyl sites for hydroxylation is 3. The van der Waals surface area contributed by atoms with E-state index in [1.807, 2.05) is 31.2 Å². The number of aromatic nitrogens is 3. The van der Waals surface area contributed by atoms with Gasteiger partial charge in [0.15, 0.2) is 10.4 Å². The van der Waals surface area contributed by atoms with Crippen LogP contribution in [0.3, 0.4) is 0 Å². The predicted octanol–water partition coefficient (Wildman–Crippen LogP) is 3.31. The Hall–Kier alpha value is -2.47. The van der Waals surface area contributed by atoms with Crippen molar-refractivity contribution < 1.29 is 9.90 Å². The molecule has 2 aromatic heterocycles. The van der Waals surface area contributed by atoms with E-state index in [2.05, 4.69) is 4.98 Å². The molecule has 0 radical (unpaired) electrons. The average Bonchev–Trinajstić information content (AvgIpc) is 2.72. The summed E-state index contributed by atoms with van der Waals surface area (Å²) in [7, 11) is 3.55. The van der Waals surface area contributed by atoms with Crippen molar-refractivity contribution in [1.29, 1.82) is 0 Å². The minimum atomic E-state index is -0.989. The standard InChI is InChI=1S/C16H15N3O2S/c1-9-4-6-10(7-5-9)12-8-11(15(20)21)13-14(17-12)19(3)16(22)18(13)2/h4-8H,1-3H3,(H,20,21). The molecule has 0 unspecified atom stereocenters. The lowest BCUT2D eigenvalue weighted by molar-refractivity contribution is 0.0698. The van der Waals surface area contributed by atoms with Crippen LogP contribution in [-0.4, -0.2) is 25.2 Å². The fraction of sp³-hybridized carbons (Fsp3) is 0.188. The second-order valence-electron chi connectivity index (χ2n) is 5.30. The first kappa shape index (κ1) is 14.5. The Morgan fingerprint density at radius 3 is 2.41 bits per heavy atom. The van der Waals surface area contributed by atoms with Gasteiger partial charge in [-0.05, 0) is 25.2 Å². The number of carbonyl (C=O) groups is 1. The van der Waals surface area contributed by atoms with Crippen molar-refractivity contribution in [3.05, 3.63) is 46.2 Å². The van der Waals surface area contributed by atoms with Gasteiger partial charge in [-0.3, -0.25) is 0 Å². The summed E-state index contributed by atoms with van der Waals surface area (Å²) in [6.45, 7) is 2.00. The first-order valence-corrected chi connectivity index (χ1v) is 7.17. The number of imidazole rings is 1. The molecular weight excluding hydrogens is 298 g/mol. The molecule has 112 valence electrons. The number of pyridine rings is 1. The smallest absolute Gasteiger partial charge is 0.338 e. The topological polar surface area (TPSA) is 60.0 Å². The number of fused-ring (bicyclic) bond motifs is 1. The van der Waals surface area contributed by atoms with Gasteiger partial charge in [-0.2, -0.15) is 0 Å². The number of carboxylic acid groups (broad SMARTS) is 1. The minimum absolute atomic E-state index is 0.203. The molecule has 1 N–H and O–H groups in total. The van der Waals surface area contributed by atoms with Gasteiger partial charge in [0, 0.05) is 19.7 Å². The van der Waals surface area contributed by atoms with E-state index >= 15 is 0 Å². The van der Waals surface area contributed by atoms with Crippen LogP contribution in [0.5, 0.6) is 0 Å². The SMILES string of the molecule is Cc1ccc(-c2cc(C(=O)O)c3c(n2)n(C)c(=S)n3C)cc1. The van der Waals surface area contributed by atoms with Crippen molar-refractivity contribution in [2.45, 2.75) is 6.92 Å². The van der Waals surface area contributed by atoms with Gasteiger partial charge in [0.05, 0.1) is 11.3 Å². The van der Waals surface area contributed by atoms with E-state index in [1.54, 1.807) is 29.3 Å². The maximum absolute atomic E-state index is 11.6. The van der Waals surface area contributed by atoms with Crippen LogP contribution in [-0.2, 0) is 14.1 Å². The number of hydrogen-bond donors (Lipinski definition) is 1. The van der Waals surface area contributed by atoms with Crippen molar-refractivity contribution in [2.75, 3.05) is 0 Å². The summed E-state index contributed by atoms with van der Waals surface area (Å²) in [6.07, 6.45) is 0. The Bertz CT molecular complexity index is 952. The molecule has 0 bridgehead atoms. The third-order valence-corrected chi connectivity index (χ3v) is 4.33. The van der Waals surface area contributed by atoms with Crippen molar-refractivity contribution in [3.8, 4) is 11.3 Å². The van der Waals surface area contributed by atoms with E-state index in [1.165, 1.54) is 0 Å². The maximum Gasteiger partial charge on any atom is 0.338 e. The normalized spacial score (nSPS) is 11.0. The number of aromatic carboxylic acids is 1. The third-order valence-electron chi connectivity index (χ3n) is 3.78. The average molecular weight is 313 g/mol. The van der Waals surface area contributed by atoms with E-state index in [0.717, 1.165) is 11.1 Å². The van der Waals surface area contributed by atoms with Crippen molar-refractivity contribution in [2.24, 2.45) is 14.1 Å². The first-order chi connectivity index (χ1) is 10.4. The highest BCUT2D eigenvalue weighted by atomic mass is 32.1. The summed E-state index contributed by atoms with van der Waals surface area (Å²) in [5.74, 6) is -0.989. The van der Waals surface area contributed by atoms with Gasteiger partial charge >= 0.3 is 5.97 Å². The van der Waals surface area contributed by atoms with E-state index in [9.17, 15) is 9.90 Å². The molecule has 5 nitrogen and oxygen atoms in total. The molecule has 0 fully saturated rings. The zero-order valence-electron chi connectivity index (χ0n) is 12.5. The van der Waals surface area contributed by atoms with E-state index in [4.69, 9.17) is 12.2 Å². The minimum Gasteiger partial charge on any atom is -0.478 e. The molecule has 0 aliphatic rings. The Balaban J connectivity index is 2.39. The van der Waals surface area contributed by atoms with Crippen LogP contribution in [0.25, 0.3) is 22.4 Å². The Labute approximate surface area is 132 Å². The van der Waals surface area contributed by atoms with Gasteiger partial charge in [0.1, 0.15) is 5.52 Å². The fourth-order valence-electron chi connectivity index (χ4n) is 2.54. The zero-order valence-corrected chi connectivity index (χ0v) is 13.3. The number of carboxylic acids is 1. The highest BCUT2D eigenvalue weighted by Gasteiger charge is 2.18. The van der Waals surface area contributed by atoms with E-state index < -0.39 is 5.97 Å². The van der Waals surface area contributed by atoms with Crippen molar-refractivity contribution >= 4 is 29.4 Å². The molecule has 0 spiro atoms. The zero-order chi connectivity index (χ0) is 16.0. The number of hydrogen-bond acceptors (Lipinski definition) is 3. The molecule has 0 aliphatic heterocycles. The molecule has 22 heavy (non-hydrogen) atoms. The van der Waals surface area contributed by atoms with Crippen LogP contribution in [0.1, 0.15) is 15.9 Å². The van der Waals surface area contributed by atoms with Crippen LogP contribution in [0.15, 0.2) is 30.3 Å². The summed E-state index contributed by atoms with van der Waals surface area (Å²) in [6, 6.07) is 9.43. The highest BCUT2D eigenvalue weighted by Crippen LogP contribution is 2.26. The van der Waals surface area contributed by atoms with Gasteiger partial charge in [-0.1, -0.05) is 29.8 Å². The summed E-state index contributed by atoms with van der Waals surface area (Å²) >= 11 is 5.31. The van der Waals surface area contributed by atoms with Crippen LogP contribution < -0.4 is 0 Å². The monoisotopic (exact) mass is 313 g/mol. The first-order valence-electron chi connectivity index (χ1n) is 6.77. The van der Waals surface area contributed by atoms with Crippen molar-refractivity contribution in [3.63, 3.8) is 0 Å². The lowest BCUT2D eigenvalue weighted by atomic mass is 10.1. The van der Waals surface area contributed by atoms with Gasteiger partial charge < -0.3 is 14.2 Å². The Morgan fingerprint density at radius 1 is 1.18 bits per heavy atom. The molecule has 3 rings (SSSR count). The molecule has 3 aromatic rings. The molecule has 6 heteroatoms. The quantitative estimate of drug-likeness (QED) is 0.737. The molecule has 2 heterocycles. The molecule has 1 aromatic carbocycles. The van der Waals surface area contributed by atoms with E-state index in [-0.39, 0.29) is 5.56 Å². The highest BCUT2D eigenvalue weighted by molar-refractivity contribution is 7.71. The van der Waals surface area contributed by atoms with E-state index in [0.29, 0.717) is 21.6 Å². The van der Waals surface area contributed by atoms with Crippen LogP contribution in [0.2, 0.25) is 0 Å². The molecule has 0 saturated carbocycles. The van der Waals surface area contributed by atoms with Gasteiger partial charge in [-0.25, -0.2) is 9.78 Å². The third kappa shape index (κ3) is 2.12. The molecule has 0 aliphatic carbocycles. The molecular formula is C16H15N3O2S. The second kappa shape index (κ2) is 5.06. The number of nitrogens with zero attached hydrogens (tertiary/aromatic N) is 3. The summed E-state index contributed by atoms with van der Waals surface area (Å²) in [5.41, 5.74) is 3.96. The van der Waals surface area contributed by atoms with Crippen molar-refractivity contribution in [1.82, 2.24) is 14.1 Å². The largest absolute Gasteiger partial charge is 0.478 e. The van der Waals surface area contributed by atoms with Crippen LogP contribution in [0, 0.1) is 11.7 Å².